The van der Waals surface area contributed by atoms with E-state index in [1.807, 2.05) is 12.3 Å². The minimum atomic E-state index is -1.02. The van der Waals surface area contributed by atoms with Gasteiger partial charge in [0.15, 0.2) is 0 Å². The van der Waals surface area contributed by atoms with Crippen molar-refractivity contribution in [2.24, 2.45) is 4.99 Å². The second-order valence-corrected chi connectivity index (χ2v) is 9.11. The molecule has 0 saturated carbocycles. The molecule has 6 nitrogen and oxygen atoms in total. The van der Waals surface area contributed by atoms with Crippen LogP contribution in [0.2, 0.25) is 0 Å². The third-order valence-corrected chi connectivity index (χ3v) is 6.56. The van der Waals surface area contributed by atoms with Gasteiger partial charge in [0.2, 0.25) is 0 Å². The molecule has 0 unspecified atom stereocenters. The minimum Gasteiger partial charge on any atom is -0.489 e. The molecule has 2 aliphatic rings. The molecule has 7 heteroatoms. The third-order valence-electron chi connectivity index (χ3n) is 6.56. The van der Waals surface area contributed by atoms with E-state index >= 15 is 0 Å². The van der Waals surface area contributed by atoms with Gasteiger partial charge in [-0.25, -0.2) is 9.18 Å². The van der Waals surface area contributed by atoms with Gasteiger partial charge in [-0.15, -0.1) is 0 Å². The Morgan fingerprint density at radius 1 is 1.06 bits per heavy atom. The van der Waals surface area contributed by atoms with E-state index in [2.05, 4.69) is 35.5 Å². The van der Waals surface area contributed by atoms with Crippen molar-refractivity contribution in [1.29, 1.82) is 0 Å². The van der Waals surface area contributed by atoms with Gasteiger partial charge < -0.3 is 19.1 Å². The van der Waals surface area contributed by atoms with Crippen LogP contribution in [0.1, 0.15) is 46.9 Å². The SMILES string of the molecule is CC(C)c1c2c3cc4c(cc3n1-c1ccc(F)cc1OCCOc1cc(C(=O)O)ccc1-2)C=NC4. The molecule has 0 aliphatic carbocycles. The summed E-state index contributed by atoms with van der Waals surface area (Å²) < 4.78 is 28.5. The number of carbonyl (C=O) groups is 1. The van der Waals surface area contributed by atoms with E-state index in [-0.39, 0.29) is 30.5 Å². The average molecular weight is 471 g/mol. The quantitative estimate of drug-likeness (QED) is 0.392. The number of halogens is 1. The summed E-state index contributed by atoms with van der Waals surface area (Å²) in [6, 6.07) is 13.8. The maximum Gasteiger partial charge on any atom is 0.335 e. The Morgan fingerprint density at radius 3 is 2.63 bits per heavy atom. The summed E-state index contributed by atoms with van der Waals surface area (Å²) in [5.41, 5.74) is 6.79. The summed E-state index contributed by atoms with van der Waals surface area (Å²) in [5, 5.41) is 10.6. The molecule has 1 aromatic heterocycles. The Hall–Kier alpha value is -4.13. The first-order valence-electron chi connectivity index (χ1n) is 11.6. The molecule has 4 aromatic rings. The smallest absolute Gasteiger partial charge is 0.335 e. The lowest BCUT2D eigenvalue weighted by molar-refractivity contribution is 0.0696. The highest BCUT2D eigenvalue weighted by molar-refractivity contribution is 6.05. The van der Waals surface area contributed by atoms with Crippen LogP contribution < -0.4 is 9.47 Å². The van der Waals surface area contributed by atoms with Gasteiger partial charge in [0.25, 0.3) is 0 Å². The molecule has 6 rings (SSSR count). The van der Waals surface area contributed by atoms with Crippen LogP contribution in [-0.2, 0) is 6.54 Å². The highest BCUT2D eigenvalue weighted by atomic mass is 19.1. The Kier molecular flexibility index (Phi) is 4.88. The molecule has 35 heavy (non-hydrogen) atoms. The van der Waals surface area contributed by atoms with E-state index in [4.69, 9.17) is 9.47 Å². The van der Waals surface area contributed by atoms with Gasteiger partial charge >= 0.3 is 5.97 Å². The zero-order valence-electron chi connectivity index (χ0n) is 19.3. The number of aromatic carboxylic acids is 1. The minimum absolute atomic E-state index is 0.0755. The molecule has 3 heterocycles. The summed E-state index contributed by atoms with van der Waals surface area (Å²) in [6.45, 7) is 5.19. The summed E-state index contributed by atoms with van der Waals surface area (Å²) >= 11 is 0. The van der Waals surface area contributed by atoms with E-state index < -0.39 is 5.97 Å². The fraction of sp³-hybridized carbons (Fsp3) is 0.214. The number of hydrogen-bond donors (Lipinski definition) is 1. The number of ether oxygens (including phenoxy) is 2. The van der Waals surface area contributed by atoms with Crippen molar-refractivity contribution in [1.82, 2.24) is 4.57 Å². The molecular weight excluding hydrogens is 447 g/mol. The van der Waals surface area contributed by atoms with Crippen molar-refractivity contribution >= 4 is 23.1 Å². The van der Waals surface area contributed by atoms with Crippen LogP contribution in [0.15, 0.2) is 53.5 Å². The summed E-state index contributed by atoms with van der Waals surface area (Å²) in [7, 11) is 0. The van der Waals surface area contributed by atoms with Crippen LogP contribution in [0.25, 0.3) is 27.7 Å². The normalized spacial score (nSPS) is 14.1. The first-order valence-corrected chi connectivity index (χ1v) is 11.6. The number of rotatable bonds is 2. The van der Waals surface area contributed by atoms with Crippen molar-refractivity contribution in [3.63, 3.8) is 0 Å². The second-order valence-electron chi connectivity index (χ2n) is 9.11. The molecular formula is C28H23FN2O4. The number of benzene rings is 3. The van der Waals surface area contributed by atoms with Crippen molar-refractivity contribution in [3.05, 3.63) is 76.7 Å². The zero-order valence-corrected chi connectivity index (χ0v) is 19.3. The monoisotopic (exact) mass is 470 g/mol. The molecule has 0 saturated heterocycles. The molecule has 2 aliphatic heterocycles. The molecule has 0 atom stereocenters. The third kappa shape index (κ3) is 3.38. The fourth-order valence-corrected chi connectivity index (χ4v) is 5.08. The van der Waals surface area contributed by atoms with Crippen LogP contribution in [-0.4, -0.2) is 35.1 Å². The molecule has 0 spiro atoms. The molecule has 2 bridgehead atoms. The summed E-state index contributed by atoms with van der Waals surface area (Å²) in [5.74, 6) is -0.434. The van der Waals surface area contributed by atoms with Crippen LogP contribution in [0.4, 0.5) is 4.39 Å². The zero-order chi connectivity index (χ0) is 24.3. The summed E-state index contributed by atoms with van der Waals surface area (Å²) in [4.78, 5) is 16.1. The number of hydrogen-bond acceptors (Lipinski definition) is 4. The van der Waals surface area contributed by atoms with Crippen molar-refractivity contribution in [2.75, 3.05) is 13.2 Å². The number of nitrogens with zero attached hydrogens (tertiary/aromatic N) is 2. The van der Waals surface area contributed by atoms with E-state index in [1.54, 1.807) is 18.2 Å². The molecule has 0 fully saturated rings. The van der Waals surface area contributed by atoms with Gasteiger partial charge in [-0.3, -0.25) is 4.99 Å². The lowest BCUT2D eigenvalue weighted by Crippen LogP contribution is -2.11. The van der Waals surface area contributed by atoms with Crippen LogP contribution in [0.3, 0.4) is 0 Å². The molecule has 1 N–H and O–H groups in total. The van der Waals surface area contributed by atoms with Gasteiger partial charge in [0.1, 0.15) is 30.5 Å². The predicted molar refractivity (Wildman–Crippen MR) is 132 cm³/mol. The number of carboxylic acid groups (broad SMARTS) is 1. The second kappa shape index (κ2) is 7.98. The van der Waals surface area contributed by atoms with Crippen LogP contribution >= 0.6 is 0 Å². The first kappa shape index (κ1) is 21.4. The van der Waals surface area contributed by atoms with Gasteiger partial charge in [-0.05, 0) is 59.5 Å². The maximum absolute atomic E-state index is 14.3. The highest BCUT2D eigenvalue weighted by Gasteiger charge is 2.28. The van der Waals surface area contributed by atoms with E-state index in [0.29, 0.717) is 18.0 Å². The Morgan fingerprint density at radius 2 is 1.86 bits per heavy atom. The number of fused-ring (bicyclic) bond motifs is 10. The van der Waals surface area contributed by atoms with Crippen molar-refractivity contribution < 1.29 is 23.8 Å². The topological polar surface area (TPSA) is 73.0 Å². The fourth-order valence-electron chi connectivity index (χ4n) is 5.08. The lowest BCUT2D eigenvalue weighted by Gasteiger charge is -2.18. The van der Waals surface area contributed by atoms with E-state index in [1.165, 1.54) is 12.1 Å². The Bertz CT molecular complexity index is 1550. The average Bonchev–Trinajstić information content (AvgIpc) is 3.41. The van der Waals surface area contributed by atoms with Crippen LogP contribution in [0, 0.1) is 5.82 Å². The Labute approximate surface area is 201 Å². The van der Waals surface area contributed by atoms with Gasteiger partial charge in [-0.1, -0.05) is 13.8 Å². The lowest BCUT2D eigenvalue weighted by atomic mass is 9.94. The maximum atomic E-state index is 14.3. The van der Waals surface area contributed by atoms with Crippen molar-refractivity contribution in [3.8, 4) is 28.3 Å². The number of aliphatic imine (C=N–C) groups is 1. The van der Waals surface area contributed by atoms with Gasteiger partial charge in [0, 0.05) is 34.5 Å². The number of carboxylic acids is 1. The standard InChI is InChI=1S/C28H23FN2O4/c1-15(2)27-26-20-5-3-16(28(32)33)11-24(20)34-7-8-35-25-12-19(29)4-6-22(25)31(27)23-10-18-14-30-13-17(18)9-21(23)26/h3-6,9-12,14-15H,7-8,13H2,1-2H3,(H,32,33). The van der Waals surface area contributed by atoms with Crippen LogP contribution in [0.5, 0.6) is 11.5 Å². The summed E-state index contributed by atoms with van der Waals surface area (Å²) in [6.07, 6.45) is 1.88. The molecule has 0 amide bonds. The molecule has 3 aromatic carbocycles. The molecule has 0 radical (unpaired) electrons. The molecule has 176 valence electrons. The largest absolute Gasteiger partial charge is 0.489 e. The van der Waals surface area contributed by atoms with Crippen molar-refractivity contribution in [2.45, 2.75) is 26.3 Å². The van der Waals surface area contributed by atoms with Gasteiger partial charge in [-0.2, -0.15) is 0 Å². The number of aromatic nitrogens is 1. The first-order chi connectivity index (χ1) is 16.9. The predicted octanol–water partition coefficient (Wildman–Crippen LogP) is 5.96. The Balaban J connectivity index is 1.78. The van der Waals surface area contributed by atoms with Gasteiger partial charge in [0.05, 0.1) is 23.3 Å². The van der Waals surface area contributed by atoms with E-state index in [9.17, 15) is 14.3 Å². The van der Waals surface area contributed by atoms with E-state index in [0.717, 1.165) is 44.5 Å². The highest BCUT2D eigenvalue weighted by Crippen LogP contribution is 2.46.